The van der Waals surface area contributed by atoms with Gasteiger partial charge in [0.1, 0.15) is 24.7 Å². The summed E-state index contributed by atoms with van der Waals surface area (Å²) in [5.74, 6) is -1.08. The number of aryl methyl sites for hydroxylation is 1. The Morgan fingerprint density at radius 2 is 1.93 bits per heavy atom. The maximum Gasteiger partial charge on any atom is 0.326 e. The lowest BCUT2D eigenvalue weighted by Gasteiger charge is -2.22. The van der Waals surface area contributed by atoms with Crippen molar-refractivity contribution in [3.05, 3.63) is 57.5 Å². The molecule has 1 amide bonds. The summed E-state index contributed by atoms with van der Waals surface area (Å²) in [6, 6.07) is 10.5. The standard InChI is InChI=1S/C19H20N4O4/c1-4-27-18(25)12-22(15-8-6-5-7-9-15)17(24)11-23-19(26)16(10-20)13(2)14(3)21-23/h5-9H,4,11-12H2,1-3H3. The van der Waals surface area contributed by atoms with Crippen LogP contribution in [0.2, 0.25) is 0 Å². The summed E-state index contributed by atoms with van der Waals surface area (Å²) in [5.41, 5.74) is 0.770. The third kappa shape index (κ3) is 4.58. The molecular weight excluding hydrogens is 348 g/mol. The van der Waals surface area contributed by atoms with E-state index in [9.17, 15) is 19.6 Å². The Balaban J connectivity index is 2.37. The highest BCUT2D eigenvalue weighted by Crippen LogP contribution is 2.14. The Kier molecular flexibility index (Phi) is 6.44. The molecule has 1 heterocycles. The fraction of sp³-hybridized carbons (Fsp3) is 0.316. The second-order valence-electron chi connectivity index (χ2n) is 5.78. The van der Waals surface area contributed by atoms with Crippen molar-refractivity contribution in [2.75, 3.05) is 18.1 Å². The molecule has 0 atom stereocenters. The van der Waals surface area contributed by atoms with Crippen LogP contribution in [0.5, 0.6) is 0 Å². The molecule has 140 valence electrons. The molecule has 1 aromatic heterocycles. The maximum atomic E-state index is 12.8. The largest absolute Gasteiger partial charge is 0.465 e. The predicted molar refractivity (Wildman–Crippen MR) is 98.1 cm³/mol. The molecule has 0 aliphatic heterocycles. The highest BCUT2D eigenvalue weighted by molar-refractivity contribution is 5.97. The minimum atomic E-state index is -0.641. The molecule has 8 nitrogen and oxygen atoms in total. The molecule has 0 fully saturated rings. The van der Waals surface area contributed by atoms with Crippen LogP contribution < -0.4 is 10.5 Å². The van der Waals surface area contributed by atoms with Gasteiger partial charge >= 0.3 is 5.97 Å². The highest BCUT2D eigenvalue weighted by Gasteiger charge is 2.22. The number of nitriles is 1. The number of esters is 1. The number of carbonyl (C=O) groups is 2. The van der Waals surface area contributed by atoms with Crippen LogP contribution in [0.4, 0.5) is 5.69 Å². The summed E-state index contributed by atoms with van der Waals surface area (Å²) < 4.78 is 5.88. The van der Waals surface area contributed by atoms with Gasteiger partial charge in [0.25, 0.3) is 5.56 Å². The number of hydrogen-bond donors (Lipinski definition) is 0. The topological polar surface area (TPSA) is 105 Å². The Hall–Kier alpha value is -3.47. The van der Waals surface area contributed by atoms with Crippen molar-refractivity contribution in [1.29, 1.82) is 5.26 Å². The molecule has 0 saturated heterocycles. The lowest BCUT2D eigenvalue weighted by atomic mass is 10.1. The molecule has 2 rings (SSSR count). The average molecular weight is 368 g/mol. The molecule has 1 aromatic carbocycles. The minimum Gasteiger partial charge on any atom is -0.465 e. The lowest BCUT2D eigenvalue weighted by molar-refractivity contribution is -0.142. The first kappa shape index (κ1) is 19.8. The third-order valence-electron chi connectivity index (χ3n) is 4.00. The molecule has 0 unspecified atom stereocenters. The fourth-order valence-corrected chi connectivity index (χ4v) is 2.49. The number of ether oxygens (including phenoxy) is 1. The van der Waals surface area contributed by atoms with Gasteiger partial charge in [-0.1, -0.05) is 18.2 Å². The Bertz CT molecular complexity index is 945. The van der Waals surface area contributed by atoms with E-state index in [4.69, 9.17) is 4.74 Å². The van der Waals surface area contributed by atoms with Crippen LogP contribution in [-0.4, -0.2) is 34.8 Å². The number of nitrogens with zero attached hydrogens (tertiary/aromatic N) is 4. The van der Waals surface area contributed by atoms with Gasteiger partial charge in [-0.25, -0.2) is 4.68 Å². The zero-order valence-corrected chi connectivity index (χ0v) is 15.4. The van der Waals surface area contributed by atoms with E-state index < -0.39 is 24.0 Å². The summed E-state index contributed by atoms with van der Waals surface area (Å²) >= 11 is 0. The number of hydrogen-bond acceptors (Lipinski definition) is 6. The van der Waals surface area contributed by atoms with Gasteiger partial charge < -0.3 is 4.74 Å². The summed E-state index contributed by atoms with van der Waals surface area (Å²) in [7, 11) is 0. The summed E-state index contributed by atoms with van der Waals surface area (Å²) in [6.07, 6.45) is 0. The van der Waals surface area contributed by atoms with Crippen molar-refractivity contribution in [2.45, 2.75) is 27.3 Å². The Morgan fingerprint density at radius 1 is 1.26 bits per heavy atom. The molecule has 0 N–H and O–H groups in total. The first-order valence-electron chi connectivity index (χ1n) is 8.38. The SMILES string of the molecule is CCOC(=O)CN(C(=O)Cn1nc(C)c(C)c(C#N)c1=O)c1ccccc1. The molecular formula is C19H20N4O4. The number of rotatable bonds is 6. The van der Waals surface area contributed by atoms with E-state index in [0.717, 1.165) is 4.68 Å². The van der Waals surface area contributed by atoms with Gasteiger partial charge in [0.2, 0.25) is 5.91 Å². The highest BCUT2D eigenvalue weighted by atomic mass is 16.5. The van der Waals surface area contributed by atoms with Crippen LogP contribution in [0.1, 0.15) is 23.7 Å². The summed E-state index contributed by atoms with van der Waals surface area (Å²) in [4.78, 5) is 38.4. The molecule has 8 heteroatoms. The van der Waals surface area contributed by atoms with Gasteiger partial charge in [0.15, 0.2) is 0 Å². The van der Waals surface area contributed by atoms with Gasteiger partial charge in [-0.3, -0.25) is 19.3 Å². The zero-order valence-electron chi connectivity index (χ0n) is 15.4. The van der Waals surface area contributed by atoms with Gasteiger partial charge in [-0.2, -0.15) is 10.4 Å². The monoisotopic (exact) mass is 368 g/mol. The van der Waals surface area contributed by atoms with Crippen LogP contribution in [0.15, 0.2) is 35.1 Å². The van der Waals surface area contributed by atoms with E-state index in [1.54, 1.807) is 51.1 Å². The van der Waals surface area contributed by atoms with E-state index >= 15 is 0 Å². The van der Waals surface area contributed by atoms with Crippen LogP contribution in [0.25, 0.3) is 0 Å². The van der Waals surface area contributed by atoms with Gasteiger partial charge in [-0.15, -0.1) is 0 Å². The van der Waals surface area contributed by atoms with E-state index in [0.29, 0.717) is 16.9 Å². The fourth-order valence-electron chi connectivity index (χ4n) is 2.49. The van der Waals surface area contributed by atoms with Crippen molar-refractivity contribution in [1.82, 2.24) is 9.78 Å². The smallest absolute Gasteiger partial charge is 0.326 e. The molecule has 0 bridgehead atoms. The van der Waals surface area contributed by atoms with Crippen LogP contribution in [-0.2, 0) is 20.9 Å². The molecule has 0 aliphatic carbocycles. The van der Waals surface area contributed by atoms with Gasteiger partial charge in [-0.05, 0) is 38.5 Å². The number of para-hydroxylation sites is 1. The van der Waals surface area contributed by atoms with Crippen molar-refractivity contribution in [3.8, 4) is 6.07 Å². The van der Waals surface area contributed by atoms with Crippen molar-refractivity contribution in [3.63, 3.8) is 0 Å². The lowest BCUT2D eigenvalue weighted by Crippen LogP contribution is -2.41. The van der Waals surface area contributed by atoms with E-state index in [2.05, 4.69) is 5.10 Å². The summed E-state index contributed by atoms with van der Waals surface area (Å²) in [5, 5.41) is 13.3. The quantitative estimate of drug-likeness (QED) is 0.712. The van der Waals surface area contributed by atoms with E-state index in [1.807, 2.05) is 6.07 Å². The van der Waals surface area contributed by atoms with E-state index in [-0.39, 0.29) is 18.7 Å². The number of anilines is 1. The van der Waals surface area contributed by atoms with Crippen molar-refractivity contribution in [2.24, 2.45) is 0 Å². The predicted octanol–water partition coefficient (Wildman–Crippen LogP) is 1.33. The third-order valence-corrected chi connectivity index (χ3v) is 4.00. The normalized spacial score (nSPS) is 10.1. The van der Waals surface area contributed by atoms with Gasteiger partial charge in [0.05, 0.1) is 12.3 Å². The van der Waals surface area contributed by atoms with Crippen LogP contribution in [0.3, 0.4) is 0 Å². The number of amides is 1. The van der Waals surface area contributed by atoms with Gasteiger partial charge in [0, 0.05) is 5.69 Å². The average Bonchev–Trinajstić information content (AvgIpc) is 2.65. The Morgan fingerprint density at radius 3 is 2.52 bits per heavy atom. The second kappa shape index (κ2) is 8.76. The Labute approximate surface area is 156 Å². The van der Waals surface area contributed by atoms with Crippen LogP contribution in [0, 0.1) is 25.2 Å². The molecule has 0 spiro atoms. The van der Waals surface area contributed by atoms with Crippen molar-refractivity contribution >= 4 is 17.6 Å². The molecule has 27 heavy (non-hydrogen) atoms. The number of benzene rings is 1. The maximum absolute atomic E-state index is 12.8. The number of aromatic nitrogens is 2. The van der Waals surface area contributed by atoms with E-state index in [1.165, 1.54) is 4.90 Å². The molecule has 0 saturated carbocycles. The number of carbonyl (C=O) groups excluding carboxylic acids is 2. The molecule has 2 aromatic rings. The molecule has 0 aliphatic rings. The van der Waals surface area contributed by atoms with Crippen molar-refractivity contribution < 1.29 is 14.3 Å². The minimum absolute atomic E-state index is 0.0491. The molecule has 0 radical (unpaired) electrons. The zero-order chi connectivity index (χ0) is 20.0. The second-order valence-corrected chi connectivity index (χ2v) is 5.78. The first-order chi connectivity index (χ1) is 12.9. The first-order valence-corrected chi connectivity index (χ1v) is 8.38. The van der Waals surface area contributed by atoms with Crippen LogP contribution >= 0.6 is 0 Å². The summed E-state index contributed by atoms with van der Waals surface area (Å²) in [6.45, 7) is 4.47.